The van der Waals surface area contributed by atoms with Gasteiger partial charge in [0.1, 0.15) is 5.69 Å². The van der Waals surface area contributed by atoms with Crippen LogP contribution >= 0.6 is 0 Å². The van der Waals surface area contributed by atoms with Gasteiger partial charge < -0.3 is 9.80 Å². The summed E-state index contributed by atoms with van der Waals surface area (Å²) in [6.07, 6.45) is 3.01. The molecule has 0 aromatic heterocycles. The zero-order valence-corrected chi connectivity index (χ0v) is 17.9. The van der Waals surface area contributed by atoms with Gasteiger partial charge >= 0.3 is 0 Å². The molecule has 0 aliphatic carbocycles. The van der Waals surface area contributed by atoms with Crippen LogP contribution in [0.15, 0.2) is 47.4 Å². The quantitative estimate of drug-likeness (QED) is 0.516. The molecule has 0 amide bonds. The molecule has 0 radical (unpaired) electrons. The number of piperidine rings is 1. The summed E-state index contributed by atoms with van der Waals surface area (Å²) in [5.41, 5.74) is 0.418. The topological polar surface area (TPSA) is 87.0 Å². The number of sulfonamides is 1. The molecule has 2 heterocycles. The van der Waals surface area contributed by atoms with Gasteiger partial charge in [0.15, 0.2) is 5.82 Å². The number of anilines is 2. The van der Waals surface area contributed by atoms with Gasteiger partial charge in [-0.25, -0.2) is 12.8 Å². The highest BCUT2D eigenvalue weighted by Crippen LogP contribution is 2.36. The van der Waals surface area contributed by atoms with Crippen LogP contribution in [0.2, 0.25) is 0 Å². The maximum absolute atomic E-state index is 14.7. The molecule has 31 heavy (non-hydrogen) atoms. The second-order valence-electron chi connectivity index (χ2n) is 7.80. The Labute approximate surface area is 181 Å². The number of hydrogen-bond donors (Lipinski definition) is 0. The summed E-state index contributed by atoms with van der Waals surface area (Å²) < 4.78 is 41.8. The highest BCUT2D eigenvalue weighted by Gasteiger charge is 2.32. The van der Waals surface area contributed by atoms with E-state index in [4.69, 9.17) is 0 Å². The van der Waals surface area contributed by atoms with Crippen molar-refractivity contribution in [3.63, 3.8) is 0 Å². The summed E-state index contributed by atoms with van der Waals surface area (Å²) in [6.45, 7) is 2.42. The van der Waals surface area contributed by atoms with E-state index in [-0.39, 0.29) is 36.8 Å². The molecule has 2 aromatic carbocycles. The molecule has 2 fully saturated rings. The van der Waals surface area contributed by atoms with Crippen LogP contribution in [0.25, 0.3) is 0 Å². The predicted molar refractivity (Wildman–Crippen MR) is 117 cm³/mol. The number of nitro benzene ring substituents is 1. The van der Waals surface area contributed by atoms with E-state index in [9.17, 15) is 22.9 Å². The van der Waals surface area contributed by atoms with Crippen LogP contribution in [0.4, 0.5) is 21.5 Å². The van der Waals surface area contributed by atoms with Gasteiger partial charge in [0, 0.05) is 39.3 Å². The number of piperazine rings is 1. The third-order valence-corrected chi connectivity index (χ3v) is 7.81. The molecule has 2 aliphatic rings. The van der Waals surface area contributed by atoms with Crippen molar-refractivity contribution in [3.05, 3.63) is 58.4 Å². The maximum Gasteiger partial charge on any atom is 0.295 e. The van der Waals surface area contributed by atoms with Gasteiger partial charge in [0.2, 0.25) is 10.0 Å². The lowest BCUT2D eigenvalue weighted by molar-refractivity contribution is -0.384. The Bertz CT molecular complexity index is 1050. The average Bonchev–Trinajstić information content (AvgIpc) is 2.80. The van der Waals surface area contributed by atoms with Crippen molar-refractivity contribution in [3.8, 4) is 0 Å². The summed E-state index contributed by atoms with van der Waals surface area (Å²) in [4.78, 5) is 15.0. The largest absolute Gasteiger partial charge is 0.369 e. The molecule has 4 rings (SSSR count). The van der Waals surface area contributed by atoms with Gasteiger partial charge in [-0.15, -0.1) is 0 Å². The summed E-state index contributed by atoms with van der Waals surface area (Å²) in [5.74, 6) is -0.595. The Kier molecular flexibility index (Phi) is 6.10. The predicted octanol–water partition coefficient (Wildman–Crippen LogP) is 3.24. The lowest BCUT2D eigenvalue weighted by Gasteiger charge is -2.36. The van der Waals surface area contributed by atoms with Crippen LogP contribution in [0.5, 0.6) is 0 Å². The fraction of sp³-hybridized carbons (Fsp3) is 0.429. The molecule has 2 aromatic rings. The molecule has 0 saturated carbocycles. The van der Waals surface area contributed by atoms with Crippen LogP contribution in [0.1, 0.15) is 19.3 Å². The summed E-state index contributed by atoms with van der Waals surface area (Å²) in [6, 6.07) is 10.8. The Morgan fingerprint density at radius 1 is 0.839 bits per heavy atom. The summed E-state index contributed by atoms with van der Waals surface area (Å²) >= 11 is 0. The van der Waals surface area contributed by atoms with Crippen molar-refractivity contribution in [1.82, 2.24) is 4.31 Å². The van der Waals surface area contributed by atoms with E-state index >= 15 is 0 Å². The minimum atomic E-state index is -3.62. The molecular weight excluding hydrogens is 423 g/mol. The molecule has 10 heteroatoms. The molecule has 2 aliphatic heterocycles. The van der Waals surface area contributed by atoms with E-state index < -0.39 is 20.8 Å². The Morgan fingerprint density at radius 2 is 1.45 bits per heavy atom. The van der Waals surface area contributed by atoms with Gasteiger partial charge in [-0.3, -0.25) is 10.1 Å². The molecule has 0 spiro atoms. The second kappa shape index (κ2) is 8.80. The normalized spacial score (nSPS) is 18.2. The average molecular weight is 449 g/mol. The van der Waals surface area contributed by atoms with Crippen LogP contribution in [-0.2, 0) is 10.0 Å². The molecule has 0 N–H and O–H groups in total. The van der Waals surface area contributed by atoms with Crippen molar-refractivity contribution >= 4 is 27.1 Å². The van der Waals surface area contributed by atoms with E-state index in [1.165, 1.54) is 4.31 Å². The maximum atomic E-state index is 14.7. The lowest BCUT2D eigenvalue weighted by Crippen LogP contribution is -2.48. The van der Waals surface area contributed by atoms with E-state index in [1.54, 1.807) is 41.3 Å². The lowest BCUT2D eigenvalue weighted by atomic mass is 10.1. The molecule has 0 bridgehead atoms. The van der Waals surface area contributed by atoms with Crippen LogP contribution in [-0.4, -0.2) is 56.9 Å². The second-order valence-corrected chi connectivity index (χ2v) is 9.74. The highest BCUT2D eigenvalue weighted by atomic mass is 32.2. The minimum absolute atomic E-state index is 0.199. The highest BCUT2D eigenvalue weighted by molar-refractivity contribution is 7.89. The number of hydrogen-bond acceptors (Lipinski definition) is 6. The van der Waals surface area contributed by atoms with Crippen LogP contribution < -0.4 is 9.80 Å². The number of nitro groups is 1. The zero-order valence-electron chi connectivity index (χ0n) is 17.1. The van der Waals surface area contributed by atoms with Crippen LogP contribution in [0.3, 0.4) is 0 Å². The van der Waals surface area contributed by atoms with Gasteiger partial charge in [-0.2, -0.15) is 4.31 Å². The third-order valence-electron chi connectivity index (χ3n) is 5.90. The smallest absolute Gasteiger partial charge is 0.295 e. The van der Waals surface area contributed by atoms with Crippen molar-refractivity contribution < 1.29 is 17.7 Å². The van der Waals surface area contributed by atoms with Gasteiger partial charge in [-0.1, -0.05) is 18.2 Å². The molecule has 0 unspecified atom stereocenters. The summed E-state index contributed by atoms with van der Waals surface area (Å²) in [7, 11) is -3.62. The first-order valence-electron chi connectivity index (χ1n) is 10.4. The van der Waals surface area contributed by atoms with E-state index in [0.717, 1.165) is 38.4 Å². The van der Waals surface area contributed by atoms with E-state index in [0.29, 0.717) is 11.4 Å². The fourth-order valence-corrected chi connectivity index (χ4v) is 5.67. The van der Waals surface area contributed by atoms with Crippen LogP contribution in [0, 0.1) is 15.9 Å². The molecule has 0 atom stereocenters. The molecular formula is C21H25FN4O4S. The van der Waals surface area contributed by atoms with Crippen molar-refractivity contribution in [1.29, 1.82) is 0 Å². The fourth-order valence-electron chi connectivity index (χ4n) is 4.23. The Balaban J connectivity index is 1.58. The van der Waals surface area contributed by atoms with E-state index in [2.05, 4.69) is 0 Å². The van der Waals surface area contributed by atoms with Crippen molar-refractivity contribution in [2.45, 2.75) is 24.2 Å². The number of rotatable bonds is 5. The Hall–Kier alpha value is -2.72. The zero-order chi connectivity index (χ0) is 22.0. The van der Waals surface area contributed by atoms with Crippen molar-refractivity contribution in [2.75, 3.05) is 49.1 Å². The first-order chi connectivity index (χ1) is 14.9. The molecule has 166 valence electrons. The Morgan fingerprint density at radius 3 is 2.06 bits per heavy atom. The van der Waals surface area contributed by atoms with E-state index in [1.807, 2.05) is 4.90 Å². The summed E-state index contributed by atoms with van der Waals surface area (Å²) in [5, 5.41) is 11.6. The SMILES string of the molecule is O=[N+]([O-])c1cc(F)c(N2CCCCC2)cc1N1CCN(S(=O)(=O)c2ccccc2)CC1. The number of benzene rings is 2. The minimum Gasteiger partial charge on any atom is -0.369 e. The number of nitrogens with zero attached hydrogens (tertiary/aromatic N) is 4. The molecule has 8 nitrogen and oxygen atoms in total. The first kappa shape index (κ1) is 21.5. The molecule has 2 saturated heterocycles. The van der Waals surface area contributed by atoms with Gasteiger partial charge in [-0.05, 0) is 37.5 Å². The first-order valence-corrected chi connectivity index (χ1v) is 11.8. The van der Waals surface area contributed by atoms with Gasteiger partial charge in [0.25, 0.3) is 5.69 Å². The third kappa shape index (κ3) is 4.35. The van der Waals surface area contributed by atoms with Crippen molar-refractivity contribution in [2.24, 2.45) is 0 Å². The monoisotopic (exact) mass is 448 g/mol. The number of halogens is 1. The standard InChI is InChI=1S/C21H25FN4O4S/c22-18-15-21(26(27)28)20(16-19(18)23-9-5-2-6-10-23)24-11-13-25(14-12-24)31(29,30)17-7-3-1-4-8-17/h1,3-4,7-8,15-16H,2,5-6,9-14H2. The van der Waals surface area contributed by atoms with Gasteiger partial charge in [0.05, 0.1) is 21.6 Å².